The van der Waals surface area contributed by atoms with E-state index in [9.17, 15) is 4.79 Å². The quantitative estimate of drug-likeness (QED) is 0.838. The van der Waals surface area contributed by atoms with Crippen molar-refractivity contribution < 1.29 is 4.79 Å². The third kappa shape index (κ3) is 3.44. The van der Waals surface area contributed by atoms with Crippen molar-refractivity contribution in [3.63, 3.8) is 0 Å². The zero-order valence-corrected chi connectivity index (χ0v) is 14.0. The van der Waals surface area contributed by atoms with Crippen LogP contribution in [-0.2, 0) is 31.0 Å². The first-order valence-electron chi connectivity index (χ1n) is 8.02. The summed E-state index contributed by atoms with van der Waals surface area (Å²) in [5.41, 5.74) is 2.33. The smallest absolute Gasteiger partial charge is 0.228 e. The van der Waals surface area contributed by atoms with E-state index in [0.29, 0.717) is 6.54 Å². The summed E-state index contributed by atoms with van der Waals surface area (Å²) in [6, 6.07) is 2.03. The SMILES string of the molecule is CCn1cc(CN2Cc3ccnn3CC(C(=O)N(C)C)C2)cn1. The van der Waals surface area contributed by atoms with Gasteiger partial charge < -0.3 is 4.90 Å². The molecule has 0 spiro atoms. The molecule has 0 aliphatic carbocycles. The van der Waals surface area contributed by atoms with E-state index in [0.717, 1.165) is 31.9 Å². The lowest BCUT2D eigenvalue weighted by atomic mass is 10.1. The summed E-state index contributed by atoms with van der Waals surface area (Å²) in [6.45, 7) is 5.92. The predicted octanol–water partition coefficient (Wildman–Crippen LogP) is 0.820. The van der Waals surface area contributed by atoms with Crippen LogP contribution in [0.4, 0.5) is 0 Å². The normalized spacial score (nSPS) is 18.5. The molecule has 23 heavy (non-hydrogen) atoms. The maximum atomic E-state index is 12.5. The van der Waals surface area contributed by atoms with Gasteiger partial charge >= 0.3 is 0 Å². The second-order valence-corrected chi connectivity index (χ2v) is 6.31. The number of carbonyl (C=O) groups is 1. The molecule has 1 amide bonds. The standard InChI is InChI=1S/C16H24N6O/c1-4-21-9-13(7-18-21)8-20-10-14(16(23)19(2)3)11-22-15(12-20)5-6-17-22/h5-7,9,14H,4,8,10-12H2,1-3H3. The van der Waals surface area contributed by atoms with Crippen LogP contribution < -0.4 is 0 Å². The van der Waals surface area contributed by atoms with Crippen LogP contribution in [0.25, 0.3) is 0 Å². The molecule has 1 unspecified atom stereocenters. The Morgan fingerprint density at radius 1 is 1.35 bits per heavy atom. The molecule has 0 saturated carbocycles. The summed E-state index contributed by atoms with van der Waals surface area (Å²) in [5.74, 6) is 0.0787. The first-order valence-corrected chi connectivity index (χ1v) is 8.02. The highest BCUT2D eigenvalue weighted by Gasteiger charge is 2.28. The van der Waals surface area contributed by atoms with Crippen molar-refractivity contribution in [2.24, 2.45) is 5.92 Å². The first kappa shape index (κ1) is 15.7. The fourth-order valence-corrected chi connectivity index (χ4v) is 3.09. The van der Waals surface area contributed by atoms with E-state index in [1.54, 1.807) is 4.90 Å². The van der Waals surface area contributed by atoms with E-state index in [2.05, 4.69) is 28.2 Å². The van der Waals surface area contributed by atoms with Crippen LogP contribution in [-0.4, -0.2) is 55.9 Å². The lowest BCUT2D eigenvalue weighted by Crippen LogP contribution is -2.38. The lowest BCUT2D eigenvalue weighted by Gasteiger charge is -2.24. The third-order valence-corrected chi connectivity index (χ3v) is 4.27. The molecule has 0 N–H and O–H groups in total. The van der Waals surface area contributed by atoms with Crippen molar-refractivity contribution >= 4 is 5.91 Å². The molecule has 0 aromatic carbocycles. The van der Waals surface area contributed by atoms with Gasteiger partial charge in [0.25, 0.3) is 0 Å². The Labute approximate surface area is 136 Å². The molecule has 1 aliphatic heterocycles. The average molecular weight is 316 g/mol. The highest BCUT2D eigenvalue weighted by Crippen LogP contribution is 2.19. The van der Waals surface area contributed by atoms with Crippen molar-refractivity contribution in [1.82, 2.24) is 29.4 Å². The van der Waals surface area contributed by atoms with Gasteiger partial charge in [-0.3, -0.25) is 19.1 Å². The molecule has 7 nitrogen and oxygen atoms in total. The second kappa shape index (κ2) is 6.54. The molecule has 0 fully saturated rings. The van der Waals surface area contributed by atoms with Crippen LogP contribution >= 0.6 is 0 Å². The van der Waals surface area contributed by atoms with Gasteiger partial charge in [0, 0.05) is 58.2 Å². The Morgan fingerprint density at radius 3 is 2.87 bits per heavy atom. The van der Waals surface area contributed by atoms with E-state index in [-0.39, 0.29) is 11.8 Å². The lowest BCUT2D eigenvalue weighted by molar-refractivity contribution is -0.134. The van der Waals surface area contributed by atoms with Gasteiger partial charge in [0.1, 0.15) is 0 Å². The summed E-state index contributed by atoms with van der Waals surface area (Å²) < 4.78 is 3.89. The fourth-order valence-electron chi connectivity index (χ4n) is 3.09. The molecule has 124 valence electrons. The van der Waals surface area contributed by atoms with Gasteiger partial charge in [-0.25, -0.2) is 0 Å². The average Bonchev–Trinajstić information content (AvgIpc) is 3.12. The van der Waals surface area contributed by atoms with Crippen molar-refractivity contribution in [2.75, 3.05) is 20.6 Å². The van der Waals surface area contributed by atoms with E-state index in [1.165, 1.54) is 5.56 Å². The number of hydrogen-bond donors (Lipinski definition) is 0. The number of fused-ring (bicyclic) bond motifs is 1. The van der Waals surface area contributed by atoms with Crippen LogP contribution in [0, 0.1) is 5.92 Å². The van der Waals surface area contributed by atoms with Gasteiger partial charge in [0.15, 0.2) is 0 Å². The zero-order chi connectivity index (χ0) is 16.4. The highest BCUT2D eigenvalue weighted by molar-refractivity contribution is 5.78. The molecule has 0 bridgehead atoms. The third-order valence-electron chi connectivity index (χ3n) is 4.27. The summed E-state index contributed by atoms with van der Waals surface area (Å²) in [7, 11) is 3.62. The maximum Gasteiger partial charge on any atom is 0.228 e. The fraction of sp³-hybridized carbons (Fsp3) is 0.562. The van der Waals surface area contributed by atoms with E-state index in [1.807, 2.05) is 41.9 Å². The molecule has 1 atom stereocenters. The summed E-state index contributed by atoms with van der Waals surface area (Å²) in [6.07, 6.45) is 5.80. The minimum absolute atomic E-state index is 0.0765. The van der Waals surface area contributed by atoms with Gasteiger partial charge in [-0.15, -0.1) is 0 Å². The number of aryl methyl sites for hydroxylation is 1. The maximum absolute atomic E-state index is 12.5. The minimum atomic E-state index is -0.0765. The van der Waals surface area contributed by atoms with Crippen LogP contribution in [0.3, 0.4) is 0 Å². The molecule has 7 heteroatoms. The minimum Gasteiger partial charge on any atom is -0.348 e. The molecule has 2 aromatic rings. The molecular weight excluding hydrogens is 292 g/mol. The van der Waals surface area contributed by atoms with E-state index < -0.39 is 0 Å². The largest absolute Gasteiger partial charge is 0.348 e. The molecule has 1 aliphatic rings. The van der Waals surface area contributed by atoms with E-state index in [4.69, 9.17) is 0 Å². The molecule has 3 rings (SSSR count). The number of amides is 1. The first-order chi connectivity index (χ1) is 11.1. The second-order valence-electron chi connectivity index (χ2n) is 6.31. The monoisotopic (exact) mass is 316 g/mol. The Morgan fingerprint density at radius 2 is 2.17 bits per heavy atom. The van der Waals surface area contributed by atoms with Gasteiger partial charge in [-0.2, -0.15) is 10.2 Å². The molecule has 2 aromatic heterocycles. The summed E-state index contributed by atoms with van der Waals surface area (Å²) in [4.78, 5) is 16.5. The zero-order valence-electron chi connectivity index (χ0n) is 14.0. The summed E-state index contributed by atoms with van der Waals surface area (Å²) in [5, 5.41) is 8.71. The number of rotatable bonds is 4. The van der Waals surface area contributed by atoms with Crippen molar-refractivity contribution in [3.05, 3.63) is 35.9 Å². The van der Waals surface area contributed by atoms with Crippen LogP contribution in [0.15, 0.2) is 24.7 Å². The predicted molar refractivity (Wildman–Crippen MR) is 86.4 cm³/mol. The van der Waals surface area contributed by atoms with Gasteiger partial charge in [-0.05, 0) is 13.0 Å². The van der Waals surface area contributed by atoms with Gasteiger partial charge in [0.05, 0.1) is 24.4 Å². The Hall–Kier alpha value is -2.15. The van der Waals surface area contributed by atoms with Gasteiger partial charge in [-0.1, -0.05) is 0 Å². The number of aromatic nitrogens is 4. The van der Waals surface area contributed by atoms with Crippen LogP contribution in [0.2, 0.25) is 0 Å². The van der Waals surface area contributed by atoms with Crippen molar-refractivity contribution in [3.8, 4) is 0 Å². The van der Waals surface area contributed by atoms with Crippen LogP contribution in [0.1, 0.15) is 18.2 Å². The number of carbonyl (C=O) groups excluding carboxylic acids is 1. The van der Waals surface area contributed by atoms with Gasteiger partial charge in [0.2, 0.25) is 5.91 Å². The van der Waals surface area contributed by atoms with Crippen molar-refractivity contribution in [1.29, 1.82) is 0 Å². The molecule has 0 saturated heterocycles. The molecule has 3 heterocycles. The molecular formula is C16H24N6O. The highest BCUT2D eigenvalue weighted by atomic mass is 16.2. The van der Waals surface area contributed by atoms with Crippen LogP contribution in [0.5, 0.6) is 0 Å². The molecule has 0 radical (unpaired) electrons. The number of nitrogens with zero attached hydrogens (tertiary/aromatic N) is 6. The Kier molecular flexibility index (Phi) is 4.47. The Bertz CT molecular complexity index is 674. The van der Waals surface area contributed by atoms with E-state index >= 15 is 0 Å². The topological polar surface area (TPSA) is 59.2 Å². The number of hydrogen-bond acceptors (Lipinski definition) is 4. The summed E-state index contributed by atoms with van der Waals surface area (Å²) >= 11 is 0. The Balaban J connectivity index is 1.80. The van der Waals surface area contributed by atoms with Crippen molar-refractivity contribution in [2.45, 2.75) is 33.1 Å².